The maximum Gasteiger partial charge on any atom is 0.274 e. The van der Waals surface area contributed by atoms with Gasteiger partial charge in [0.2, 0.25) is 0 Å². The largest absolute Gasteiger partial charge is 0.396 e. The van der Waals surface area contributed by atoms with E-state index in [0.717, 1.165) is 6.42 Å². The molecule has 0 aromatic carbocycles. The first-order chi connectivity index (χ1) is 7.61. The molecule has 0 bridgehead atoms. The maximum absolute atomic E-state index is 12.2. The van der Waals surface area contributed by atoms with Crippen molar-refractivity contribution in [2.45, 2.75) is 12.5 Å². The second-order valence-electron chi connectivity index (χ2n) is 4.01. The molecule has 1 saturated heterocycles. The summed E-state index contributed by atoms with van der Waals surface area (Å²) in [6, 6.07) is 0.141. The molecule has 88 valence electrons. The topological polar surface area (TPSA) is 73.4 Å². The molecular formula is C10H16N4O2. The lowest BCUT2D eigenvalue weighted by molar-refractivity contribution is 0.0701. The van der Waals surface area contributed by atoms with Crippen molar-refractivity contribution < 1.29 is 9.53 Å². The number of carbonyl (C=O) groups is 1. The number of nitrogen functional groups attached to an aromatic ring is 1. The Labute approximate surface area is 94.0 Å². The summed E-state index contributed by atoms with van der Waals surface area (Å²) >= 11 is 0. The van der Waals surface area contributed by atoms with Crippen LogP contribution in [0.5, 0.6) is 0 Å². The summed E-state index contributed by atoms with van der Waals surface area (Å²) in [5.41, 5.74) is 6.57. The van der Waals surface area contributed by atoms with Gasteiger partial charge >= 0.3 is 0 Å². The Hall–Kier alpha value is -1.56. The third kappa shape index (κ3) is 1.76. The number of hydrogen-bond acceptors (Lipinski definition) is 4. The van der Waals surface area contributed by atoms with Crippen LogP contribution in [-0.4, -0.2) is 46.9 Å². The Bertz CT molecular complexity index is 376. The lowest BCUT2D eigenvalue weighted by Crippen LogP contribution is -2.38. The number of rotatable bonds is 2. The third-order valence-corrected chi connectivity index (χ3v) is 2.94. The predicted molar refractivity (Wildman–Crippen MR) is 58.9 cm³/mol. The second kappa shape index (κ2) is 4.13. The molecule has 2 heterocycles. The lowest BCUT2D eigenvalue weighted by Gasteiger charge is -2.23. The fourth-order valence-corrected chi connectivity index (χ4v) is 1.88. The highest BCUT2D eigenvalue weighted by Crippen LogP contribution is 2.17. The number of likely N-dealkylation sites (N-methyl/N-ethyl adjacent to an activating group) is 1. The van der Waals surface area contributed by atoms with Gasteiger partial charge in [0, 0.05) is 20.7 Å². The Balaban J connectivity index is 2.18. The van der Waals surface area contributed by atoms with E-state index in [4.69, 9.17) is 10.5 Å². The van der Waals surface area contributed by atoms with Crippen LogP contribution >= 0.6 is 0 Å². The number of nitrogens with zero attached hydrogens (tertiary/aromatic N) is 3. The van der Waals surface area contributed by atoms with Crippen LogP contribution in [0.25, 0.3) is 0 Å². The summed E-state index contributed by atoms with van der Waals surface area (Å²) in [5.74, 6) is -0.104. The molecule has 1 atom stereocenters. The van der Waals surface area contributed by atoms with Crippen molar-refractivity contribution in [1.82, 2.24) is 14.7 Å². The number of nitrogens with two attached hydrogens (primary N) is 1. The van der Waals surface area contributed by atoms with Crippen LogP contribution in [-0.2, 0) is 11.8 Å². The zero-order valence-electron chi connectivity index (χ0n) is 9.51. The third-order valence-electron chi connectivity index (χ3n) is 2.94. The zero-order chi connectivity index (χ0) is 11.7. The Morgan fingerprint density at radius 1 is 1.75 bits per heavy atom. The molecule has 0 saturated carbocycles. The van der Waals surface area contributed by atoms with E-state index >= 15 is 0 Å². The van der Waals surface area contributed by atoms with Crippen molar-refractivity contribution in [1.29, 1.82) is 0 Å². The number of anilines is 1. The summed E-state index contributed by atoms with van der Waals surface area (Å²) in [4.78, 5) is 13.8. The van der Waals surface area contributed by atoms with Gasteiger partial charge in [-0.25, -0.2) is 0 Å². The molecule has 1 unspecified atom stereocenters. The number of carbonyl (C=O) groups excluding carboxylic acids is 1. The first-order valence-electron chi connectivity index (χ1n) is 5.23. The molecule has 16 heavy (non-hydrogen) atoms. The Morgan fingerprint density at radius 3 is 3.00 bits per heavy atom. The first kappa shape index (κ1) is 10.9. The van der Waals surface area contributed by atoms with E-state index < -0.39 is 0 Å². The fraction of sp³-hybridized carbons (Fsp3) is 0.600. The molecular weight excluding hydrogens is 208 g/mol. The summed E-state index contributed by atoms with van der Waals surface area (Å²) in [5, 5.41) is 3.96. The molecule has 1 fully saturated rings. The number of hydrogen-bond donors (Lipinski definition) is 1. The molecule has 0 aliphatic carbocycles. The average molecular weight is 224 g/mol. The van der Waals surface area contributed by atoms with Crippen LogP contribution in [0, 0.1) is 0 Å². The summed E-state index contributed by atoms with van der Waals surface area (Å²) in [6.45, 7) is 1.31. The molecule has 6 nitrogen and oxygen atoms in total. The highest BCUT2D eigenvalue weighted by molar-refractivity contribution is 5.97. The van der Waals surface area contributed by atoms with E-state index in [1.165, 1.54) is 10.9 Å². The van der Waals surface area contributed by atoms with Crippen molar-refractivity contribution >= 4 is 11.6 Å². The SMILES string of the molecule is CN(C(=O)c1c(N)cnn1C)C1CCOC1. The molecule has 2 N–H and O–H groups in total. The normalized spacial score (nSPS) is 20.0. The van der Waals surface area contributed by atoms with Crippen LogP contribution in [0.3, 0.4) is 0 Å². The summed E-state index contributed by atoms with van der Waals surface area (Å²) in [7, 11) is 3.48. The lowest BCUT2D eigenvalue weighted by atomic mass is 10.2. The van der Waals surface area contributed by atoms with E-state index in [9.17, 15) is 4.79 Å². The molecule has 2 rings (SSSR count). The first-order valence-corrected chi connectivity index (χ1v) is 5.23. The van der Waals surface area contributed by atoms with Gasteiger partial charge < -0.3 is 15.4 Å². The smallest absolute Gasteiger partial charge is 0.274 e. The maximum atomic E-state index is 12.2. The Morgan fingerprint density at radius 2 is 2.50 bits per heavy atom. The average Bonchev–Trinajstić information content (AvgIpc) is 2.87. The minimum atomic E-state index is -0.104. The van der Waals surface area contributed by atoms with Crippen LogP contribution < -0.4 is 5.73 Å². The quantitative estimate of drug-likeness (QED) is 0.759. The summed E-state index contributed by atoms with van der Waals surface area (Å²) < 4.78 is 6.76. The molecule has 1 aromatic heterocycles. The molecule has 1 amide bonds. The highest BCUT2D eigenvalue weighted by Gasteiger charge is 2.27. The Kier molecular flexibility index (Phi) is 2.82. The second-order valence-corrected chi connectivity index (χ2v) is 4.01. The van der Waals surface area contributed by atoms with Crippen LogP contribution in [0.2, 0.25) is 0 Å². The number of amides is 1. The molecule has 0 radical (unpaired) electrons. The fourth-order valence-electron chi connectivity index (χ4n) is 1.88. The molecule has 1 aliphatic rings. The number of aromatic nitrogens is 2. The van der Waals surface area contributed by atoms with Gasteiger partial charge in [-0.15, -0.1) is 0 Å². The van der Waals surface area contributed by atoms with Crippen LogP contribution in [0.1, 0.15) is 16.9 Å². The number of aryl methyl sites for hydroxylation is 1. The predicted octanol–water partition coefficient (Wildman–Crippen LogP) is -0.137. The van der Waals surface area contributed by atoms with Crippen LogP contribution in [0.15, 0.2) is 6.20 Å². The van der Waals surface area contributed by atoms with Crippen molar-refractivity contribution in [2.75, 3.05) is 26.0 Å². The van der Waals surface area contributed by atoms with Gasteiger partial charge in [-0.05, 0) is 6.42 Å². The van der Waals surface area contributed by atoms with Crippen LogP contribution in [0.4, 0.5) is 5.69 Å². The van der Waals surface area contributed by atoms with E-state index in [-0.39, 0.29) is 11.9 Å². The van der Waals surface area contributed by atoms with Gasteiger partial charge in [-0.1, -0.05) is 0 Å². The van der Waals surface area contributed by atoms with E-state index in [1.807, 2.05) is 0 Å². The van der Waals surface area contributed by atoms with Gasteiger partial charge in [0.25, 0.3) is 5.91 Å². The zero-order valence-corrected chi connectivity index (χ0v) is 9.51. The van der Waals surface area contributed by atoms with E-state index in [0.29, 0.717) is 24.6 Å². The monoisotopic (exact) mass is 224 g/mol. The minimum Gasteiger partial charge on any atom is -0.396 e. The van der Waals surface area contributed by atoms with Gasteiger partial charge in [0.15, 0.2) is 0 Å². The summed E-state index contributed by atoms with van der Waals surface area (Å²) in [6.07, 6.45) is 2.37. The van der Waals surface area contributed by atoms with Gasteiger partial charge in [0.1, 0.15) is 5.69 Å². The van der Waals surface area contributed by atoms with Gasteiger partial charge in [-0.2, -0.15) is 5.10 Å². The molecule has 1 aliphatic heterocycles. The molecule has 6 heteroatoms. The van der Waals surface area contributed by atoms with Crippen molar-refractivity contribution in [2.24, 2.45) is 7.05 Å². The molecule has 0 spiro atoms. The van der Waals surface area contributed by atoms with Crippen molar-refractivity contribution in [3.63, 3.8) is 0 Å². The minimum absolute atomic E-state index is 0.104. The van der Waals surface area contributed by atoms with E-state index in [1.54, 1.807) is 19.0 Å². The standard InChI is InChI=1S/C10H16N4O2/c1-13(7-3-4-16-6-7)10(15)9-8(11)5-12-14(9)2/h5,7H,3-4,6,11H2,1-2H3. The molecule has 1 aromatic rings. The highest BCUT2D eigenvalue weighted by atomic mass is 16.5. The number of ether oxygens (including phenoxy) is 1. The van der Waals surface area contributed by atoms with E-state index in [2.05, 4.69) is 5.10 Å². The van der Waals surface area contributed by atoms with Gasteiger partial charge in [-0.3, -0.25) is 9.48 Å². The van der Waals surface area contributed by atoms with Crippen molar-refractivity contribution in [3.05, 3.63) is 11.9 Å². The van der Waals surface area contributed by atoms with Crippen molar-refractivity contribution in [3.8, 4) is 0 Å². The van der Waals surface area contributed by atoms with Gasteiger partial charge in [0.05, 0.1) is 24.5 Å².